The largest absolute Gasteiger partial charge is 0.458 e. The number of alkyl halides is 1. The predicted molar refractivity (Wildman–Crippen MR) is 122 cm³/mol. The minimum absolute atomic E-state index is 0.00963. The van der Waals surface area contributed by atoms with Crippen molar-refractivity contribution >= 4 is 40.1 Å². The molecular formula is C24H31IO6. The maximum atomic E-state index is 13.1. The molecule has 6 nitrogen and oxygen atoms in total. The molecule has 4 aliphatic carbocycles. The fourth-order valence-electron chi connectivity index (χ4n) is 7.45. The third-order valence-electron chi connectivity index (χ3n) is 8.90. The SMILES string of the molecule is CC(=O)OCC(=O)[C@@]1(O)[C@@H](C)CC2C3C(C(O)C[C@@]21C)[C@@]1(C)C=CC(=O)C=C1C[C@H]3I. The lowest BCUT2D eigenvalue weighted by atomic mass is 9.46. The lowest BCUT2D eigenvalue weighted by molar-refractivity contribution is -0.185. The number of ketones is 2. The molecule has 0 aliphatic heterocycles. The van der Waals surface area contributed by atoms with Crippen LogP contribution in [0, 0.1) is 34.5 Å². The zero-order chi connectivity index (χ0) is 22.9. The van der Waals surface area contributed by atoms with Crippen molar-refractivity contribution in [3.05, 3.63) is 23.8 Å². The Morgan fingerprint density at radius 1 is 1.32 bits per heavy atom. The summed E-state index contributed by atoms with van der Waals surface area (Å²) in [6.07, 6.45) is 6.26. The Morgan fingerprint density at radius 2 is 2.00 bits per heavy atom. The van der Waals surface area contributed by atoms with Crippen molar-refractivity contribution in [2.75, 3.05) is 6.61 Å². The molecule has 0 heterocycles. The van der Waals surface area contributed by atoms with Crippen molar-refractivity contribution in [2.24, 2.45) is 34.5 Å². The van der Waals surface area contributed by atoms with Gasteiger partial charge in [-0.2, -0.15) is 0 Å². The van der Waals surface area contributed by atoms with Gasteiger partial charge in [0.05, 0.1) is 6.10 Å². The zero-order valence-electron chi connectivity index (χ0n) is 18.4. The second-order valence-electron chi connectivity index (χ2n) is 10.4. The highest BCUT2D eigenvalue weighted by molar-refractivity contribution is 14.1. The van der Waals surface area contributed by atoms with E-state index in [1.165, 1.54) is 6.92 Å². The number of hydrogen-bond donors (Lipinski definition) is 2. The number of esters is 1. The smallest absolute Gasteiger partial charge is 0.303 e. The molecular weight excluding hydrogens is 511 g/mol. The fourth-order valence-corrected chi connectivity index (χ4v) is 8.87. The first-order chi connectivity index (χ1) is 14.4. The van der Waals surface area contributed by atoms with Gasteiger partial charge in [0.15, 0.2) is 12.4 Å². The van der Waals surface area contributed by atoms with Crippen LogP contribution in [-0.4, -0.2) is 50.0 Å². The van der Waals surface area contributed by atoms with Crippen LogP contribution in [0.5, 0.6) is 0 Å². The second-order valence-corrected chi connectivity index (χ2v) is 12.0. The molecule has 0 spiro atoms. The Bertz CT molecular complexity index is 895. The highest BCUT2D eigenvalue weighted by Gasteiger charge is 2.71. The van der Waals surface area contributed by atoms with Crippen LogP contribution in [0.4, 0.5) is 0 Å². The van der Waals surface area contributed by atoms with Crippen molar-refractivity contribution in [3.63, 3.8) is 0 Å². The number of carbonyl (C=O) groups excluding carboxylic acids is 3. The van der Waals surface area contributed by atoms with Gasteiger partial charge in [0.1, 0.15) is 5.60 Å². The minimum Gasteiger partial charge on any atom is -0.458 e. The highest BCUT2D eigenvalue weighted by atomic mass is 127. The van der Waals surface area contributed by atoms with Gasteiger partial charge in [-0.1, -0.05) is 55.0 Å². The van der Waals surface area contributed by atoms with Gasteiger partial charge in [0.2, 0.25) is 5.78 Å². The van der Waals surface area contributed by atoms with Gasteiger partial charge in [0.25, 0.3) is 0 Å². The normalized spacial score (nSPS) is 48.4. The van der Waals surface area contributed by atoms with Crippen LogP contribution in [0.25, 0.3) is 0 Å². The van der Waals surface area contributed by atoms with E-state index in [1.54, 1.807) is 12.2 Å². The Morgan fingerprint density at radius 3 is 2.65 bits per heavy atom. The molecule has 170 valence electrons. The summed E-state index contributed by atoms with van der Waals surface area (Å²) < 4.78 is 5.12. The highest BCUT2D eigenvalue weighted by Crippen LogP contribution is 2.69. The van der Waals surface area contributed by atoms with Crippen molar-refractivity contribution in [1.29, 1.82) is 0 Å². The van der Waals surface area contributed by atoms with Gasteiger partial charge in [-0.25, -0.2) is 0 Å². The number of rotatable bonds is 3. The fraction of sp³-hybridized carbons (Fsp3) is 0.708. The molecule has 9 atom stereocenters. The maximum Gasteiger partial charge on any atom is 0.303 e. The number of allylic oxidation sites excluding steroid dienone is 4. The lowest BCUT2D eigenvalue weighted by Crippen LogP contribution is -2.64. The third-order valence-corrected chi connectivity index (χ3v) is 10.2. The monoisotopic (exact) mass is 542 g/mol. The first-order valence-electron chi connectivity index (χ1n) is 11.0. The third kappa shape index (κ3) is 3.13. The van der Waals surface area contributed by atoms with Gasteiger partial charge in [-0.15, -0.1) is 0 Å². The molecule has 2 N–H and O–H groups in total. The van der Waals surface area contributed by atoms with Gasteiger partial charge < -0.3 is 14.9 Å². The Labute approximate surface area is 196 Å². The van der Waals surface area contributed by atoms with Crippen LogP contribution in [-0.2, 0) is 19.1 Å². The van der Waals surface area contributed by atoms with Crippen LogP contribution in [0.1, 0.15) is 47.0 Å². The Balaban J connectivity index is 1.75. The summed E-state index contributed by atoms with van der Waals surface area (Å²) in [6, 6.07) is 0. The number of ether oxygens (including phenoxy) is 1. The molecule has 0 saturated heterocycles. The molecule has 0 aromatic carbocycles. The van der Waals surface area contributed by atoms with E-state index in [0.717, 1.165) is 12.0 Å². The lowest BCUT2D eigenvalue weighted by Gasteiger charge is -2.61. The van der Waals surface area contributed by atoms with Crippen molar-refractivity contribution < 1.29 is 29.3 Å². The summed E-state index contributed by atoms with van der Waals surface area (Å²) in [6.45, 7) is 6.69. The molecule has 4 rings (SSSR count). The van der Waals surface area contributed by atoms with Gasteiger partial charge in [-0.05, 0) is 49.2 Å². The molecule has 7 heteroatoms. The number of carbonyl (C=O) groups is 3. The summed E-state index contributed by atoms with van der Waals surface area (Å²) in [5, 5.41) is 23.3. The topological polar surface area (TPSA) is 101 Å². The van der Waals surface area contributed by atoms with Crippen molar-refractivity contribution in [2.45, 2.75) is 62.6 Å². The van der Waals surface area contributed by atoms with E-state index in [2.05, 4.69) is 29.5 Å². The van der Waals surface area contributed by atoms with Crippen LogP contribution in [0.3, 0.4) is 0 Å². The zero-order valence-corrected chi connectivity index (χ0v) is 20.6. The number of halogens is 1. The molecule has 0 radical (unpaired) electrons. The van der Waals surface area contributed by atoms with Gasteiger partial charge >= 0.3 is 5.97 Å². The van der Waals surface area contributed by atoms with E-state index in [0.29, 0.717) is 12.8 Å². The second kappa shape index (κ2) is 7.48. The number of fused-ring (bicyclic) bond motifs is 5. The number of hydrogen-bond acceptors (Lipinski definition) is 6. The van der Waals surface area contributed by atoms with Crippen LogP contribution in [0.2, 0.25) is 0 Å². The van der Waals surface area contributed by atoms with Gasteiger partial charge in [0, 0.05) is 27.6 Å². The van der Waals surface area contributed by atoms with Crippen LogP contribution >= 0.6 is 22.6 Å². The molecule has 0 aromatic rings. The quantitative estimate of drug-likeness (QED) is 0.323. The molecule has 4 aliphatic rings. The summed E-state index contributed by atoms with van der Waals surface area (Å²) >= 11 is 2.43. The van der Waals surface area contributed by atoms with Crippen molar-refractivity contribution in [3.8, 4) is 0 Å². The first-order valence-corrected chi connectivity index (χ1v) is 12.3. The maximum absolute atomic E-state index is 13.1. The summed E-state index contributed by atoms with van der Waals surface area (Å²) in [5.41, 5.74) is -1.83. The van der Waals surface area contributed by atoms with E-state index in [9.17, 15) is 24.6 Å². The molecule has 3 saturated carbocycles. The molecule has 0 amide bonds. The number of aliphatic hydroxyl groups is 2. The first kappa shape index (κ1) is 23.1. The summed E-state index contributed by atoms with van der Waals surface area (Å²) in [4.78, 5) is 36.4. The Hall–Kier alpha value is -1.06. The minimum atomic E-state index is -1.66. The average molecular weight is 542 g/mol. The van der Waals surface area contributed by atoms with E-state index in [1.807, 2.05) is 19.9 Å². The van der Waals surface area contributed by atoms with E-state index in [4.69, 9.17) is 4.74 Å². The van der Waals surface area contributed by atoms with Crippen LogP contribution < -0.4 is 0 Å². The Kier molecular flexibility index (Phi) is 5.58. The van der Waals surface area contributed by atoms with E-state index < -0.39 is 40.9 Å². The summed E-state index contributed by atoms with van der Waals surface area (Å²) in [7, 11) is 0. The number of aliphatic hydroxyl groups excluding tert-OH is 1. The van der Waals surface area contributed by atoms with E-state index in [-0.39, 0.29) is 33.4 Å². The molecule has 31 heavy (non-hydrogen) atoms. The van der Waals surface area contributed by atoms with Crippen LogP contribution in [0.15, 0.2) is 23.8 Å². The summed E-state index contributed by atoms with van der Waals surface area (Å²) in [5.74, 6) is -1.33. The van der Waals surface area contributed by atoms with Crippen molar-refractivity contribution in [1.82, 2.24) is 0 Å². The molecule has 0 bridgehead atoms. The number of Topliss-reactive ketones (excluding diaryl/α,β-unsaturated/α-hetero) is 1. The molecule has 0 aromatic heterocycles. The average Bonchev–Trinajstić information content (AvgIpc) is 2.88. The molecule has 3 fully saturated rings. The molecule has 4 unspecified atom stereocenters. The standard InChI is InChI=1S/C24H31IO6/c1-12-7-16-20-17(25)9-14-8-15(27)5-6-22(14,3)21(20)18(28)10-23(16,4)24(12,30)19(29)11-31-13(2)26/h5-6,8,12,16-18,20-21,28,30H,7,9-11H2,1-4H3/t12-,16?,17+,18?,20?,21?,22-,23-,24-/m0/s1. The van der Waals surface area contributed by atoms with E-state index >= 15 is 0 Å². The van der Waals surface area contributed by atoms with Gasteiger partial charge in [-0.3, -0.25) is 14.4 Å². The predicted octanol–water partition coefficient (Wildman–Crippen LogP) is 2.79.